The molecule has 0 fully saturated rings. The number of aromatic hydroxyl groups is 1. The van der Waals surface area contributed by atoms with Gasteiger partial charge in [0.25, 0.3) is 5.91 Å². The molecule has 1 aromatic heterocycles. The van der Waals surface area contributed by atoms with E-state index in [9.17, 15) is 19.8 Å². The van der Waals surface area contributed by atoms with Gasteiger partial charge in [-0.05, 0) is 55.3 Å². The van der Waals surface area contributed by atoms with Crippen LogP contribution in [-0.4, -0.2) is 26.7 Å². The zero-order valence-corrected chi connectivity index (χ0v) is 16.9. The van der Waals surface area contributed by atoms with E-state index in [1.165, 1.54) is 10.6 Å². The quantitative estimate of drug-likeness (QED) is 0.562. The SMILES string of the molecule is CCCC(C(=O)O)c1c(C)n(C(=O)c2ccc(Cl)cc2)c2ccc(O)c(Cl)c12. The Kier molecular flexibility index (Phi) is 5.68. The van der Waals surface area contributed by atoms with Gasteiger partial charge in [-0.2, -0.15) is 0 Å². The first-order valence-corrected chi connectivity index (χ1v) is 9.58. The van der Waals surface area contributed by atoms with Crippen molar-refractivity contribution in [2.45, 2.75) is 32.6 Å². The monoisotopic (exact) mass is 419 g/mol. The summed E-state index contributed by atoms with van der Waals surface area (Å²) in [5.41, 5.74) is 1.80. The average molecular weight is 420 g/mol. The first-order chi connectivity index (χ1) is 13.3. The second kappa shape index (κ2) is 7.86. The first kappa shape index (κ1) is 20.2. The van der Waals surface area contributed by atoms with Gasteiger partial charge in [0.2, 0.25) is 0 Å². The van der Waals surface area contributed by atoms with E-state index in [0.717, 1.165) is 0 Å². The molecule has 0 aliphatic rings. The highest BCUT2D eigenvalue weighted by molar-refractivity contribution is 6.37. The fourth-order valence-electron chi connectivity index (χ4n) is 3.57. The van der Waals surface area contributed by atoms with E-state index in [1.54, 1.807) is 37.3 Å². The van der Waals surface area contributed by atoms with Gasteiger partial charge in [0.15, 0.2) is 0 Å². The number of hydrogen-bond acceptors (Lipinski definition) is 3. The minimum absolute atomic E-state index is 0.0422. The molecule has 0 saturated heterocycles. The van der Waals surface area contributed by atoms with Gasteiger partial charge < -0.3 is 10.2 Å². The van der Waals surface area contributed by atoms with Crippen molar-refractivity contribution in [3.63, 3.8) is 0 Å². The van der Waals surface area contributed by atoms with Crippen molar-refractivity contribution in [1.29, 1.82) is 0 Å². The molecule has 0 amide bonds. The molecule has 0 aliphatic heterocycles. The van der Waals surface area contributed by atoms with Crippen molar-refractivity contribution in [3.8, 4) is 5.75 Å². The van der Waals surface area contributed by atoms with Crippen LogP contribution < -0.4 is 0 Å². The van der Waals surface area contributed by atoms with Gasteiger partial charge in [-0.1, -0.05) is 36.5 Å². The van der Waals surface area contributed by atoms with E-state index in [4.69, 9.17) is 23.2 Å². The molecule has 2 aromatic carbocycles. The van der Waals surface area contributed by atoms with Crippen LogP contribution in [0.2, 0.25) is 10.0 Å². The number of aromatic nitrogens is 1. The van der Waals surface area contributed by atoms with E-state index in [2.05, 4.69) is 0 Å². The molecule has 1 unspecified atom stereocenters. The van der Waals surface area contributed by atoms with Crippen molar-refractivity contribution in [2.75, 3.05) is 0 Å². The van der Waals surface area contributed by atoms with Crippen LogP contribution in [-0.2, 0) is 4.79 Å². The Labute approximate surface area is 172 Å². The lowest BCUT2D eigenvalue weighted by Crippen LogP contribution is -2.16. The smallest absolute Gasteiger partial charge is 0.311 e. The third-order valence-electron chi connectivity index (χ3n) is 4.85. The summed E-state index contributed by atoms with van der Waals surface area (Å²) >= 11 is 12.3. The largest absolute Gasteiger partial charge is 0.506 e. The number of fused-ring (bicyclic) bond motifs is 1. The lowest BCUT2D eigenvalue weighted by atomic mass is 9.92. The number of carbonyl (C=O) groups is 2. The van der Waals surface area contributed by atoms with Gasteiger partial charge >= 0.3 is 5.97 Å². The minimum Gasteiger partial charge on any atom is -0.506 e. The van der Waals surface area contributed by atoms with Crippen molar-refractivity contribution in [1.82, 2.24) is 4.57 Å². The molecule has 0 radical (unpaired) electrons. The van der Waals surface area contributed by atoms with E-state index < -0.39 is 11.9 Å². The van der Waals surface area contributed by atoms with Gasteiger partial charge in [-0.15, -0.1) is 0 Å². The van der Waals surface area contributed by atoms with Crippen LogP contribution in [0, 0.1) is 6.92 Å². The Balaban J connectivity index is 2.34. The molecule has 28 heavy (non-hydrogen) atoms. The van der Waals surface area contributed by atoms with Crippen LogP contribution in [0.3, 0.4) is 0 Å². The second-order valence-electron chi connectivity index (χ2n) is 6.62. The molecule has 0 saturated carbocycles. The number of rotatable bonds is 5. The Bertz CT molecular complexity index is 1070. The Morgan fingerprint density at radius 2 is 1.75 bits per heavy atom. The van der Waals surface area contributed by atoms with Gasteiger partial charge in [-0.3, -0.25) is 14.2 Å². The summed E-state index contributed by atoms with van der Waals surface area (Å²) in [5.74, 6) is -2.33. The minimum atomic E-state index is -0.998. The van der Waals surface area contributed by atoms with E-state index in [1.807, 2.05) is 6.92 Å². The molecular weight excluding hydrogens is 401 g/mol. The molecule has 0 bridgehead atoms. The van der Waals surface area contributed by atoms with Gasteiger partial charge in [0.1, 0.15) is 5.75 Å². The normalized spacial score (nSPS) is 12.3. The number of carboxylic acid groups (broad SMARTS) is 1. The van der Waals surface area contributed by atoms with Crippen LogP contribution in [0.1, 0.15) is 47.3 Å². The highest BCUT2D eigenvalue weighted by Crippen LogP contribution is 2.42. The number of phenols is 1. The maximum absolute atomic E-state index is 13.2. The first-order valence-electron chi connectivity index (χ1n) is 8.83. The molecule has 1 heterocycles. The van der Waals surface area contributed by atoms with Gasteiger partial charge in [-0.25, -0.2) is 0 Å². The van der Waals surface area contributed by atoms with Crippen molar-refractivity contribution < 1.29 is 19.8 Å². The molecule has 2 N–H and O–H groups in total. The standard InChI is InChI=1S/C21H19Cl2NO4/c1-3-4-14(21(27)28)17-11(2)24(15-9-10-16(25)19(23)18(15)17)20(26)12-5-7-13(22)8-6-12/h5-10,14,25H,3-4H2,1-2H3,(H,27,28). The number of halogens is 2. The third-order valence-corrected chi connectivity index (χ3v) is 5.49. The van der Waals surface area contributed by atoms with Crippen molar-refractivity contribution in [2.24, 2.45) is 0 Å². The Morgan fingerprint density at radius 3 is 2.32 bits per heavy atom. The lowest BCUT2D eigenvalue weighted by Gasteiger charge is -2.13. The predicted molar refractivity (Wildman–Crippen MR) is 110 cm³/mol. The maximum atomic E-state index is 13.2. The topological polar surface area (TPSA) is 79.5 Å². The van der Waals surface area contributed by atoms with Crippen molar-refractivity contribution in [3.05, 3.63) is 63.3 Å². The van der Waals surface area contributed by atoms with E-state index >= 15 is 0 Å². The number of aliphatic carboxylic acids is 1. The predicted octanol–water partition coefficient (Wildman–Crippen LogP) is 5.62. The number of phenolic OH excluding ortho intramolecular Hbond substituents is 1. The van der Waals surface area contributed by atoms with Crippen LogP contribution in [0.4, 0.5) is 0 Å². The summed E-state index contributed by atoms with van der Waals surface area (Å²) in [7, 11) is 0. The number of nitrogens with zero attached hydrogens (tertiary/aromatic N) is 1. The van der Waals surface area contributed by atoms with Gasteiger partial charge in [0.05, 0.1) is 16.5 Å². The molecule has 0 spiro atoms. The molecule has 3 rings (SSSR count). The molecule has 146 valence electrons. The Morgan fingerprint density at radius 1 is 1.11 bits per heavy atom. The number of carboxylic acids is 1. The number of carbonyl (C=O) groups excluding carboxylic acids is 1. The van der Waals surface area contributed by atoms with Crippen LogP contribution >= 0.6 is 23.2 Å². The number of hydrogen-bond donors (Lipinski definition) is 2. The van der Waals surface area contributed by atoms with Gasteiger partial charge in [0, 0.05) is 21.7 Å². The Hall–Kier alpha value is -2.50. The van der Waals surface area contributed by atoms with Crippen molar-refractivity contribution >= 4 is 46.0 Å². The summed E-state index contributed by atoms with van der Waals surface area (Å²) in [6, 6.07) is 9.43. The van der Waals surface area contributed by atoms with Crippen LogP contribution in [0.15, 0.2) is 36.4 Å². The number of benzene rings is 2. The van der Waals surface area contributed by atoms with Crippen LogP contribution in [0.5, 0.6) is 5.75 Å². The molecular formula is C21H19Cl2NO4. The molecule has 3 aromatic rings. The maximum Gasteiger partial charge on any atom is 0.311 e. The fraction of sp³-hybridized carbons (Fsp3) is 0.238. The highest BCUT2D eigenvalue weighted by Gasteiger charge is 2.30. The highest BCUT2D eigenvalue weighted by atomic mass is 35.5. The molecule has 5 nitrogen and oxygen atoms in total. The summed E-state index contributed by atoms with van der Waals surface area (Å²) in [6.45, 7) is 3.59. The zero-order chi connectivity index (χ0) is 20.6. The fourth-order valence-corrected chi connectivity index (χ4v) is 3.96. The summed E-state index contributed by atoms with van der Waals surface area (Å²) in [4.78, 5) is 25.2. The molecule has 0 aliphatic carbocycles. The zero-order valence-electron chi connectivity index (χ0n) is 15.4. The summed E-state index contributed by atoms with van der Waals surface area (Å²) < 4.78 is 1.45. The average Bonchev–Trinajstić information content (AvgIpc) is 2.95. The second-order valence-corrected chi connectivity index (χ2v) is 7.43. The summed E-state index contributed by atoms with van der Waals surface area (Å²) in [6.07, 6.45) is 1.03. The molecule has 7 heteroatoms. The van der Waals surface area contributed by atoms with E-state index in [0.29, 0.717) is 45.6 Å². The third kappa shape index (κ3) is 3.36. The summed E-state index contributed by atoms with van der Waals surface area (Å²) in [5, 5.41) is 20.8. The van der Waals surface area contributed by atoms with Crippen LogP contribution in [0.25, 0.3) is 10.9 Å². The van der Waals surface area contributed by atoms with E-state index in [-0.39, 0.29) is 16.7 Å². The molecule has 1 atom stereocenters. The lowest BCUT2D eigenvalue weighted by molar-refractivity contribution is -0.139.